The van der Waals surface area contributed by atoms with Gasteiger partial charge in [0, 0.05) is 24.0 Å². The minimum Gasteiger partial charge on any atom is -0.486 e. The summed E-state index contributed by atoms with van der Waals surface area (Å²) >= 11 is 1.76. The third-order valence-corrected chi connectivity index (χ3v) is 7.37. The Balaban J connectivity index is 1.25. The number of ether oxygens (including phenoxy) is 2. The van der Waals surface area contributed by atoms with E-state index in [2.05, 4.69) is 11.4 Å². The molecule has 1 aliphatic carbocycles. The molecule has 1 fully saturated rings. The van der Waals surface area contributed by atoms with Crippen molar-refractivity contribution in [2.24, 2.45) is 0 Å². The number of fused-ring (bicyclic) bond motifs is 2. The number of benzene rings is 1. The fraction of sp³-hybridized carbons (Fsp3) is 0.478. The van der Waals surface area contributed by atoms with E-state index in [0.717, 1.165) is 38.6 Å². The standard InChI is InChI=1S/C23H25NO4S/c25-19-13-23(8-2-1-3-9-23)28-20-12-17(4-5-18(19)20)27-15-22(26)24-10-6-21-16(14-24)7-11-29-21/h4-5,7,11-12H,1-3,6,8-10,13-15H2. The first-order valence-corrected chi connectivity index (χ1v) is 11.3. The van der Waals surface area contributed by atoms with Crippen LogP contribution in [0.25, 0.3) is 0 Å². The van der Waals surface area contributed by atoms with Gasteiger partial charge in [-0.1, -0.05) is 6.42 Å². The molecule has 152 valence electrons. The maximum Gasteiger partial charge on any atom is 0.260 e. The van der Waals surface area contributed by atoms with Gasteiger partial charge in [0.15, 0.2) is 12.4 Å². The number of amides is 1. The van der Waals surface area contributed by atoms with Gasteiger partial charge in [0.2, 0.25) is 0 Å². The van der Waals surface area contributed by atoms with E-state index in [0.29, 0.717) is 30.0 Å². The van der Waals surface area contributed by atoms with Crippen LogP contribution >= 0.6 is 11.3 Å². The van der Waals surface area contributed by atoms with Gasteiger partial charge in [0.25, 0.3) is 5.91 Å². The Labute approximate surface area is 174 Å². The summed E-state index contributed by atoms with van der Waals surface area (Å²) in [4.78, 5) is 28.5. The molecule has 1 saturated carbocycles. The number of rotatable bonds is 3. The first-order valence-electron chi connectivity index (χ1n) is 10.4. The molecular weight excluding hydrogens is 386 g/mol. The van der Waals surface area contributed by atoms with Crippen LogP contribution in [0.2, 0.25) is 0 Å². The van der Waals surface area contributed by atoms with Gasteiger partial charge in [-0.05, 0) is 61.2 Å². The lowest BCUT2D eigenvalue weighted by Crippen LogP contribution is -2.43. The minimum atomic E-state index is -0.344. The SMILES string of the molecule is O=C1CC2(CCCCC2)Oc2cc(OCC(=O)N3CCc4sccc4C3)ccc21. The quantitative estimate of drug-likeness (QED) is 0.752. The van der Waals surface area contributed by atoms with E-state index in [-0.39, 0.29) is 23.9 Å². The Hall–Kier alpha value is -2.34. The first-order chi connectivity index (χ1) is 14.1. The molecule has 0 N–H and O–H groups in total. The Morgan fingerprint density at radius 1 is 1.21 bits per heavy atom. The topological polar surface area (TPSA) is 55.8 Å². The molecule has 1 aromatic carbocycles. The van der Waals surface area contributed by atoms with E-state index in [1.165, 1.54) is 16.9 Å². The van der Waals surface area contributed by atoms with Crippen molar-refractivity contribution in [1.29, 1.82) is 0 Å². The number of carbonyl (C=O) groups excluding carboxylic acids is 2. The van der Waals surface area contributed by atoms with Crippen molar-refractivity contribution in [3.63, 3.8) is 0 Å². The first kappa shape index (κ1) is 18.7. The molecule has 5 nitrogen and oxygen atoms in total. The summed E-state index contributed by atoms with van der Waals surface area (Å²) in [5, 5.41) is 2.09. The number of hydrogen-bond acceptors (Lipinski definition) is 5. The van der Waals surface area contributed by atoms with Gasteiger partial charge < -0.3 is 14.4 Å². The maximum atomic E-state index is 12.6. The summed E-state index contributed by atoms with van der Waals surface area (Å²) in [6, 6.07) is 7.41. The molecule has 0 saturated heterocycles. The minimum absolute atomic E-state index is 0.00263. The lowest BCUT2D eigenvalue weighted by atomic mass is 9.78. The van der Waals surface area contributed by atoms with Crippen LogP contribution in [0, 0.1) is 0 Å². The average molecular weight is 412 g/mol. The van der Waals surface area contributed by atoms with Gasteiger partial charge in [0.1, 0.15) is 17.1 Å². The molecule has 1 spiro atoms. The molecule has 29 heavy (non-hydrogen) atoms. The van der Waals surface area contributed by atoms with Gasteiger partial charge in [-0.15, -0.1) is 11.3 Å². The molecule has 0 unspecified atom stereocenters. The maximum absolute atomic E-state index is 12.6. The summed E-state index contributed by atoms with van der Waals surface area (Å²) in [7, 11) is 0. The van der Waals surface area contributed by atoms with Crippen LogP contribution in [-0.2, 0) is 17.8 Å². The van der Waals surface area contributed by atoms with E-state index in [1.54, 1.807) is 29.5 Å². The van der Waals surface area contributed by atoms with E-state index >= 15 is 0 Å². The third-order valence-electron chi connectivity index (χ3n) is 6.35. The number of Topliss-reactive ketones (excluding diaryl/α,β-unsaturated/α-hetero) is 1. The fourth-order valence-corrected chi connectivity index (χ4v) is 5.63. The lowest BCUT2D eigenvalue weighted by molar-refractivity contribution is -0.134. The second-order valence-corrected chi connectivity index (χ2v) is 9.33. The Bertz CT molecular complexity index is 944. The third kappa shape index (κ3) is 3.66. The van der Waals surface area contributed by atoms with Crippen molar-refractivity contribution >= 4 is 23.0 Å². The van der Waals surface area contributed by atoms with Gasteiger partial charge in [0.05, 0.1) is 12.0 Å². The molecule has 3 aliphatic rings. The molecule has 6 heteroatoms. The summed E-state index contributed by atoms with van der Waals surface area (Å²) in [6.45, 7) is 1.39. The second kappa shape index (κ2) is 7.48. The van der Waals surface area contributed by atoms with Crippen molar-refractivity contribution in [3.8, 4) is 11.5 Å². The number of hydrogen-bond donors (Lipinski definition) is 0. The monoisotopic (exact) mass is 411 g/mol. The predicted molar refractivity (Wildman–Crippen MR) is 111 cm³/mol. The molecule has 1 amide bonds. The van der Waals surface area contributed by atoms with E-state index in [9.17, 15) is 9.59 Å². The molecule has 2 aromatic rings. The van der Waals surface area contributed by atoms with Crippen LogP contribution in [0.1, 0.15) is 59.3 Å². The van der Waals surface area contributed by atoms with Gasteiger partial charge in [-0.2, -0.15) is 0 Å². The zero-order valence-electron chi connectivity index (χ0n) is 16.4. The van der Waals surface area contributed by atoms with Crippen LogP contribution < -0.4 is 9.47 Å². The highest BCUT2D eigenvalue weighted by atomic mass is 32.1. The smallest absolute Gasteiger partial charge is 0.260 e. The fourth-order valence-electron chi connectivity index (χ4n) is 4.74. The predicted octanol–water partition coefficient (Wildman–Crippen LogP) is 4.38. The lowest BCUT2D eigenvalue weighted by Gasteiger charge is -2.40. The number of nitrogens with zero attached hydrogens (tertiary/aromatic N) is 1. The molecular formula is C23H25NO4S. The highest BCUT2D eigenvalue weighted by molar-refractivity contribution is 7.10. The molecule has 5 rings (SSSR count). The number of thiophene rings is 1. The van der Waals surface area contributed by atoms with Gasteiger partial charge in [-0.3, -0.25) is 9.59 Å². The van der Waals surface area contributed by atoms with Crippen LogP contribution in [0.3, 0.4) is 0 Å². The van der Waals surface area contributed by atoms with Crippen molar-refractivity contribution < 1.29 is 19.1 Å². The van der Waals surface area contributed by atoms with Crippen LogP contribution in [-0.4, -0.2) is 35.3 Å². The Morgan fingerprint density at radius 3 is 2.93 bits per heavy atom. The van der Waals surface area contributed by atoms with Crippen molar-refractivity contribution in [3.05, 3.63) is 45.6 Å². The zero-order valence-corrected chi connectivity index (χ0v) is 17.3. The summed E-state index contributed by atoms with van der Waals surface area (Å²) in [5.74, 6) is 1.32. The normalized spacial score (nSPS) is 20.0. The average Bonchev–Trinajstić information content (AvgIpc) is 3.20. The molecule has 3 heterocycles. The molecule has 0 radical (unpaired) electrons. The second-order valence-electron chi connectivity index (χ2n) is 8.33. The van der Waals surface area contributed by atoms with Gasteiger partial charge in [-0.25, -0.2) is 0 Å². The van der Waals surface area contributed by atoms with Crippen molar-refractivity contribution in [2.45, 2.75) is 57.1 Å². The Kier molecular flexibility index (Phi) is 4.82. The summed E-state index contributed by atoms with van der Waals surface area (Å²) in [5.41, 5.74) is 1.52. The van der Waals surface area contributed by atoms with E-state index in [1.807, 2.05) is 4.90 Å². The highest BCUT2D eigenvalue weighted by Crippen LogP contribution is 2.42. The Morgan fingerprint density at radius 2 is 2.07 bits per heavy atom. The van der Waals surface area contributed by atoms with E-state index < -0.39 is 0 Å². The van der Waals surface area contributed by atoms with Crippen LogP contribution in [0.5, 0.6) is 11.5 Å². The van der Waals surface area contributed by atoms with Crippen molar-refractivity contribution in [2.75, 3.05) is 13.2 Å². The number of carbonyl (C=O) groups is 2. The van der Waals surface area contributed by atoms with Crippen LogP contribution in [0.4, 0.5) is 0 Å². The van der Waals surface area contributed by atoms with E-state index in [4.69, 9.17) is 9.47 Å². The van der Waals surface area contributed by atoms with Crippen LogP contribution in [0.15, 0.2) is 29.6 Å². The van der Waals surface area contributed by atoms with Gasteiger partial charge >= 0.3 is 0 Å². The molecule has 0 atom stereocenters. The largest absolute Gasteiger partial charge is 0.486 e. The molecule has 2 aliphatic heterocycles. The summed E-state index contributed by atoms with van der Waals surface area (Å²) < 4.78 is 12.1. The van der Waals surface area contributed by atoms with Crippen molar-refractivity contribution in [1.82, 2.24) is 4.90 Å². The number of ketones is 1. The zero-order chi connectivity index (χ0) is 19.8. The molecule has 0 bridgehead atoms. The summed E-state index contributed by atoms with van der Waals surface area (Å²) in [6.07, 6.45) is 6.67. The molecule has 1 aromatic heterocycles. The highest BCUT2D eigenvalue weighted by Gasteiger charge is 2.41.